The predicted molar refractivity (Wildman–Crippen MR) is 109 cm³/mol. The maximum absolute atomic E-state index is 11.1. The molecule has 0 atom stereocenters. The number of oxime groups is 1. The smallest absolute Gasteiger partial charge is 0.332 e. The van der Waals surface area contributed by atoms with E-state index >= 15 is 0 Å². The molecule has 0 bridgehead atoms. The Labute approximate surface area is 163 Å². The summed E-state index contributed by atoms with van der Waals surface area (Å²) in [4.78, 5) is 20.0. The molecule has 6 heteroatoms. The molecular weight excluding hydrogens is 360 g/mol. The van der Waals surface area contributed by atoms with Crippen LogP contribution in [0.2, 0.25) is 0 Å². The second-order valence-corrected chi connectivity index (χ2v) is 7.54. The number of thiophene rings is 1. The summed E-state index contributed by atoms with van der Waals surface area (Å²) in [5, 5.41) is 15.7. The Kier molecular flexibility index (Phi) is 6.42. The van der Waals surface area contributed by atoms with E-state index in [0.717, 1.165) is 34.7 Å². The Morgan fingerprint density at radius 1 is 1.26 bits per heavy atom. The monoisotopic (exact) mass is 384 g/mol. The first kappa shape index (κ1) is 19.3. The summed E-state index contributed by atoms with van der Waals surface area (Å²) in [5.74, 6) is -0.839. The predicted octanol–water partition coefficient (Wildman–Crippen LogP) is 3.85. The van der Waals surface area contributed by atoms with Gasteiger partial charge in [0.05, 0.1) is 4.88 Å². The summed E-state index contributed by atoms with van der Waals surface area (Å²) in [6.07, 6.45) is 2.56. The van der Waals surface area contributed by atoms with Crippen LogP contribution in [0.15, 0.2) is 52.5 Å². The number of carboxylic acids is 1. The number of aliphatic carboxylic acids is 1. The fourth-order valence-corrected chi connectivity index (χ4v) is 4.02. The number of carbonyl (C=O) groups is 1. The highest BCUT2D eigenvalue weighted by Gasteiger charge is 2.18. The van der Waals surface area contributed by atoms with Crippen molar-refractivity contribution in [3.05, 3.63) is 68.9 Å². The lowest BCUT2D eigenvalue weighted by molar-refractivity contribution is -0.133. The van der Waals surface area contributed by atoms with E-state index < -0.39 is 5.97 Å². The molecule has 2 aromatic rings. The Hall–Kier alpha value is -2.44. The van der Waals surface area contributed by atoms with E-state index in [1.165, 1.54) is 5.56 Å². The number of benzene rings is 1. The molecule has 1 N–H and O–H groups in total. The van der Waals surface area contributed by atoms with Crippen LogP contribution in [-0.2, 0) is 9.63 Å². The number of aryl methyl sites for hydroxylation is 2. The quantitative estimate of drug-likeness (QED) is 0.447. The maximum atomic E-state index is 11.1. The lowest BCUT2D eigenvalue weighted by atomic mass is 10.0. The Bertz CT molecular complexity index is 870. The third kappa shape index (κ3) is 4.84. The van der Waals surface area contributed by atoms with Crippen molar-refractivity contribution in [2.24, 2.45) is 5.16 Å². The van der Waals surface area contributed by atoms with E-state index in [0.29, 0.717) is 25.3 Å². The zero-order valence-electron chi connectivity index (χ0n) is 15.6. The summed E-state index contributed by atoms with van der Waals surface area (Å²) >= 11 is 1.66. The normalized spacial score (nSPS) is 15.5. The molecule has 142 valence electrons. The molecule has 3 rings (SSSR count). The van der Waals surface area contributed by atoms with E-state index in [-0.39, 0.29) is 0 Å². The van der Waals surface area contributed by atoms with Gasteiger partial charge in [-0.25, -0.2) is 4.79 Å². The first-order valence-electron chi connectivity index (χ1n) is 9.01. The fourth-order valence-electron chi connectivity index (χ4n) is 3.10. The third-order valence-electron chi connectivity index (χ3n) is 4.64. The zero-order valence-corrected chi connectivity index (χ0v) is 16.5. The SMILES string of the molecule is Cc1ccccc1C(=NOCCN1CCC=C(C(=O)O)C1)c1sccc1C. The van der Waals surface area contributed by atoms with Crippen LogP contribution in [0.25, 0.3) is 0 Å². The fraction of sp³-hybridized carbons (Fsp3) is 0.333. The molecule has 1 aliphatic rings. The summed E-state index contributed by atoms with van der Waals surface area (Å²) in [6.45, 7) is 6.52. The molecule has 1 aromatic carbocycles. The summed E-state index contributed by atoms with van der Waals surface area (Å²) in [7, 11) is 0. The van der Waals surface area contributed by atoms with Gasteiger partial charge in [-0.3, -0.25) is 4.90 Å². The van der Waals surface area contributed by atoms with Crippen LogP contribution in [0.3, 0.4) is 0 Å². The van der Waals surface area contributed by atoms with Crippen LogP contribution in [-0.4, -0.2) is 47.9 Å². The molecular formula is C21H24N2O3S. The second kappa shape index (κ2) is 8.97. The Balaban J connectivity index is 1.68. The van der Waals surface area contributed by atoms with E-state index in [1.54, 1.807) is 17.4 Å². The molecule has 2 heterocycles. The van der Waals surface area contributed by atoms with Crippen LogP contribution >= 0.6 is 11.3 Å². The zero-order chi connectivity index (χ0) is 19.2. The van der Waals surface area contributed by atoms with Crippen LogP contribution < -0.4 is 0 Å². The molecule has 0 spiro atoms. The minimum Gasteiger partial charge on any atom is -0.478 e. The van der Waals surface area contributed by atoms with Crippen molar-refractivity contribution < 1.29 is 14.7 Å². The van der Waals surface area contributed by atoms with Crippen molar-refractivity contribution in [3.8, 4) is 0 Å². The molecule has 0 radical (unpaired) electrons. The van der Waals surface area contributed by atoms with Crippen LogP contribution in [0, 0.1) is 13.8 Å². The molecule has 27 heavy (non-hydrogen) atoms. The van der Waals surface area contributed by atoms with E-state index in [1.807, 2.05) is 12.1 Å². The van der Waals surface area contributed by atoms with E-state index in [2.05, 4.69) is 47.5 Å². The average molecular weight is 385 g/mol. The van der Waals surface area contributed by atoms with Crippen LogP contribution in [0.1, 0.15) is 28.0 Å². The molecule has 5 nitrogen and oxygen atoms in total. The molecule has 1 aromatic heterocycles. The Morgan fingerprint density at radius 3 is 2.78 bits per heavy atom. The highest BCUT2D eigenvalue weighted by Crippen LogP contribution is 2.23. The van der Waals surface area contributed by atoms with Crippen LogP contribution in [0.4, 0.5) is 0 Å². The molecule has 1 aliphatic heterocycles. The van der Waals surface area contributed by atoms with Crippen LogP contribution in [0.5, 0.6) is 0 Å². The van der Waals surface area contributed by atoms with Gasteiger partial charge < -0.3 is 9.94 Å². The highest BCUT2D eigenvalue weighted by molar-refractivity contribution is 7.12. The van der Waals surface area contributed by atoms with Crippen molar-refractivity contribution in [2.45, 2.75) is 20.3 Å². The summed E-state index contributed by atoms with van der Waals surface area (Å²) in [5.41, 5.74) is 4.71. The van der Waals surface area contributed by atoms with Crippen molar-refractivity contribution in [1.29, 1.82) is 0 Å². The molecule has 0 amide bonds. The first-order valence-corrected chi connectivity index (χ1v) is 9.89. The molecule has 0 fully saturated rings. The molecule has 0 saturated carbocycles. The third-order valence-corrected chi connectivity index (χ3v) is 5.66. The van der Waals surface area contributed by atoms with Gasteiger partial charge in [-0.15, -0.1) is 11.3 Å². The van der Waals surface area contributed by atoms with Gasteiger partial charge in [-0.05, 0) is 42.8 Å². The van der Waals surface area contributed by atoms with Gasteiger partial charge in [0.2, 0.25) is 0 Å². The molecule has 0 saturated heterocycles. The topological polar surface area (TPSA) is 62.1 Å². The van der Waals surface area contributed by atoms with Crippen molar-refractivity contribution >= 4 is 23.0 Å². The molecule has 0 aliphatic carbocycles. The van der Waals surface area contributed by atoms with Crippen molar-refractivity contribution in [2.75, 3.05) is 26.2 Å². The van der Waals surface area contributed by atoms with Gasteiger partial charge in [0.15, 0.2) is 0 Å². The molecule has 0 unspecified atom stereocenters. The Morgan fingerprint density at radius 2 is 2.07 bits per heavy atom. The van der Waals surface area contributed by atoms with E-state index in [9.17, 15) is 4.79 Å². The lowest BCUT2D eigenvalue weighted by Gasteiger charge is -2.24. The number of hydrogen-bond donors (Lipinski definition) is 1. The van der Waals surface area contributed by atoms with Gasteiger partial charge >= 0.3 is 5.97 Å². The number of carboxylic acid groups (broad SMARTS) is 1. The summed E-state index contributed by atoms with van der Waals surface area (Å²) < 4.78 is 0. The summed E-state index contributed by atoms with van der Waals surface area (Å²) in [6, 6.07) is 10.2. The highest BCUT2D eigenvalue weighted by atomic mass is 32.1. The van der Waals surface area contributed by atoms with Gasteiger partial charge in [-0.2, -0.15) is 0 Å². The standard InChI is InChI=1S/C21H24N2O3S/c1-15-6-3-4-8-18(15)19(20-16(2)9-13-27-20)22-26-12-11-23-10-5-7-17(14-23)21(24)25/h3-4,6-9,13H,5,10-12,14H2,1-2H3,(H,24,25). The average Bonchev–Trinajstić information content (AvgIpc) is 3.09. The number of rotatable bonds is 7. The largest absolute Gasteiger partial charge is 0.478 e. The van der Waals surface area contributed by atoms with Crippen molar-refractivity contribution in [3.63, 3.8) is 0 Å². The number of hydrogen-bond acceptors (Lipinski definition) is 5. The minimum atomic E-state index is -0.839. The lowest BCUT2D eigenvalue weighted by Crippen LogP contribution is -2.34. The maximum Gasteiger partial charge on any atom is 0.332 e. The number of nitrogens with zero attached hydrogens (tertiary/aromatic N) is 2. The minimum absolute atomic E-state index is 0.423. The van der Waals surface area contributed by atoms with E-state index in [4.69, 9.17) is 9.94 Å². The van der Waals surface area contributed by atoms with Crippen molar-refractivity contribution in [1.82, 2.24) is 4.90 Å². The van der Waals surface area contributed by atoms with Gasteiger partial charge in [0, 0.05) is 30.8 Å². The van der Waals surface area contributed by atoms with Gasteiger partial charge in [0.25, 0.3) is 0 Å². The first-order chi connectivity index (χ1) is 13.1. The van der Waals surface area contributed by atoms with Gasteiger partial charge in [-0.1, -0.05) is 35.5 Å². The second-order valence-electron chi connectivity index (χ2n) is 6.62. The van der Waals surface area contributed by atoms with Gasteiger partial charge in [0.1, 0.15) is 12.3 Å².